The Morgan fingerprint density at radius 1 is 1.10 bits per heavy atom. The summed E-state index contributed by atoms with van der Waals surface area (Å²) in [6, 6.07) is 12.5. The van der Waals surface area contributed by atoms with E-state index in [1.54, 1.807) is 24.3 Å². The van der Waals surface area contributed by atoms with Crippen LogP contribution in [0.25, 0.3) is 0 Å². The van der Waals surface area contributed by atoms with Crippen molar-refractivity contribution >= 4 is 17.9 Å². The normalized spacial score (nSPS) is 10.4. The SMILES string of the molecule is O=C(N/N=C\c1ccc(O)cc1O)Nc1ccccc1. The lowest BCUT2D eigenvalue weighted by molar-refractivity contribution is 0.252. The molecule has 2 aromatic carbocycles. The highest BCUT2D eigenvalue weighted by molar-refractivity contribution is 5.90. The minimum atomic E-state index is -0.495. The van der Waals surface area contributed by atoms with Gasteiger partial charge in [-0.1, -0.05) is 18.2 Å². The number of urea groups is 1. The first-order chi connectivity index (χ1) is 9.65. The van der Waals surface area contributed by atoms with Crippen molar-refractivity contribution in [3.05, 3.63) is 54.1 Å². The van der Waals surface area contributed by atoms with Crippen LogP contribution in [0.4, 0.5) is 10.5 Å². The molecule has 2 rings (SSSR count). The molecule has 0 aromatic heterocycles. The Hall–Kier alpha value is -3.02. The predicted octanol–water partition coefficient (Wildman–Crippen LogP) is 2.25. The molecular formula is C14H13N3O3. The summed E-state index contributed by atoms with van der Waals surface area (Å²) in [6.07, 6.45) is 1.28. The summed E-state index contributed by atoms with van der Waals surface area (Å²) in [5.74, 6) is -0.173. The molecule has 0 aliphatic carbocycles. The zero-order valence-electron chi connectivity index (χ0n) is 10.4. The Kier molecular flexibility index (Phi) is 4.18. The Bertz CT molecular complexity index is 627. The zero-order chi connectivity index (χ0) is 14.4. The van der Waals surface area contributed by atoms with Crippen molar-refractivity contribution in [3.63, 3.8) is 0 Å². The minimum Gasteiger partial charge on any atom is -0.508 e. The molecule has 0 unspecified atom stereocenters. The number of carbonyl (C=O) groups excluding carboxylic acids is 1. The van der Waals surface area contributed by atoms with Gasteiger partial charge in [-0.05, 0) is 24.3 Å². The maximum Gasteiger partial charge on any atom is 0.339 e. The second-order valence-electron chi connectivity index (χ2n) is 3.93. The van der Waals surface area contributed by atoms with Crippen molar-refractivity contribution in [3.8, 4) is 11.5 Å². The van der Waals surface area contributed by atoms with Crippen molar-refractivity contribution in [2.75, 3.05) is 5.32 Å². The van der Waals surface area contributed by atoms with Crippen LogP contribution in [0.2, 0.25) is 0 Å². The number of benzene rings is 2. The fourth-order valence-corrected chi connectivity index (χ4v) is 1.48. The molecule has 0 spiro atoms. The van der Waals surface area contributed by atoms with Gasteiger partial charge in [0.25, 0.3) is 0 Å². The predicted molar refractivity (Wildman–Crippen MR) is 76.0 cm³/mol. The van der Waals surface area contributed by atoms with Crippen LogP contribution >= 0.6 is 0 Å². The van der Waals surface area contributed by atoms with Gasteiger partial charge in [-0.25, -0.2) is 10.2 Å². The second-order valence-corrected chi connectivity index (χ2v) is 3.93. The van der Waals surface area contributed by atoms with Gasteiger partial charge in [0, 0.05) is 17.3 Å². The van der Waals surface area contributed by atoms with Crippen LogP contribution in [0.3, 0.4) is 0 Å². The van der Waals surface area contributed by atoms with Gasteiger partial charge in [0.05, 0.1) is 6.21 Å². The molecule has 0 saturated heterocycles. The molecule has 0 bridgehead atoms. The monoisotopic (exact) mass is 271 g/mol. The van der Waals surface area contributed by atoms with E-state index in [0.29, 0.717) is 11.3 Å². The Morgan fingerprint density at radius 3 is 2.55 bits per heavy atom. The standard InChI is InChI=1S/C14H13N3O3/c18-12-7-6-10(13(19)8-12)9-15-17-14(20)16-11-4-2-1-3-5-11/h1-9,18-19H,(H2,16,17,20)/b15-9-. The second kappa shape index (κ2) is 6.24. The first kappa shape index (κ1) is 13.4. The number of phenolic OH excluding ortho intramolecular Hbond substituents is 2. The highest BCUT2D eigenvalue weighted by Crippen LogP contribution is 2.20. The maximum atomic E-state index is 11.5. The van der Waals surface area contributed by atoms with Gasteiger partial charge in [0.2, 0.25) is 0 Å². The third-order valence-corrected chi connectivity index (χ3v) is 2.42. The van der Waals surface area contributed by atoms with E-state index in [0.717, 1.165) is 0 Å². The molecule has 0 aliphatic rings. The quantitative estimate of drug-likeness (QED) is 0.509. The first-order valence-corrected chi connectivity index (χ1v) is 5.82. The average molecular weight is 271 g/mol. The van der Waals surface area contributed by atoms with E-state index in [1.165, 1.54) is 24.4 Å². The lowest BCUT2D eigenvalue weighted by Crippen LogP contribution is -2.24. The van der Waals surface area contributed by atoms with E-state index < -0.39 is 6.03 Å². The van der Waals surface area contributed by atoms with Crippen molar-refractivity contribution in [2.45, 2.75) is 0 Å². The van der Waals surface area contributed by atoms with E-state index in [1.807, 2.05) is 6.07 Å². The number of anilines is 1. The fraction of sp³-hybridized carbons (Fsp3) is 0. The van der Waals surface area contributed by atoms with Crippen molar-refractivity contribution < 1.29 is 15.0 Å². The smallest absolute Gasteiger partial charge is 0.339 e. The van der Waals surface area contributed by atoms with Crippen LogP contribution in [0.5, 0.6) is 11.5 Å². The molecular weight excluding hydrogens is 258 g/mol. The molecule has 4 N–H and O–H groups in total. The molecule has 0 heterocycles. The molecule has 2 amide bonds. The molecule has 0 radical (unpaired) electrons. The Morgan fingerprint density at radius 2 is 1.85 bits per heavy atom. The number of nitrogens with zero attached hydrogens (tertiary/aromatic N) is 1. The van der Waals surface area contributed by atoms with E-state index in [4.69, 9.17) is 5.11 Å². The van der Waals surface area contributed by atoms with Gasteiger partial charge in [0.1, 0.15) is 11.5 Å². The summed E-state index contributed by atoms with van der Waals surface area (Å²) in [6.45, 7) is 0. The summed E-state index contributed by atoms with van der Waals surface area (Å²) in [5.41, 5.74) is 3.29. The van der Waals surface area contributed by atoms with E-state index in [2.05, 4.69) is 15.8 Å². The molecule has 0 fully saturated rings. The topological polar surface area (TPSA) is 94.0 Å². The number of hydrogen-bond acceptors (Lipinski definition) is 4. The Balaban J connectivity index is 1.91. The lowest BCUT2D eigenvalue weighted by Gasteiger charge is -2.03. The van der Waals surface area contributed by atoms with Crippen LogP contribution in [0.1, 0.15) is 5.56 Å². The first-order valence-electron chi connectivity index (χ1n) is 5.82. The van der Waals surface area contributed by atoms with E-state index in [-0.39, 0.29) is 11.5 Å². The highest BCUT2D eigenvalue weighted by atomic mass is 16.3. The van der Waals surface area contributed by atoms with Crippen LogP contribution in [-0.4, -0.2) is 22.5 Å². The number of carbonyl (C=O) groups is 1. The number of phenols is 2. The third kappa shape index (κ3) is 3.74. The van der Waals surface area contributed by atoms with Gasteiger partial charge < -0.3 is 15.5 Å². The maximum absolute atomic E-state index is 11.5. The fourth-order valence-electron chi connectivity index (χ4n) is 1.48. The van der Waals surface area contributed by atoms with Crippen LogP contribution in [0, 0.1) is 0 Å². The number of rotatable bonds is 3. The summed E-state index contributed by atoms with van der Waals surface area (Å²) in [4.78, 5) is 11.5. The number of para-hydroxylation sites is 1. The number of hydrazone groups is 1. The number of aromatic hydroxyl groups is 2. The van der Waals surface area contributed by atoms with Gasteiger partial charge >= 0.3 is 6.03 Å². The molecule has 2 aromatic rings. The van der Waals surface area contributed by atoms with Gasteiger partial charge in [0.15, 0.2) is 0 Å². The van der Waals surface area contributed by atoms with Crippen LogP contribution in [-0.2, 0) is 0 Å². The minimum absolute atomic E-state index is 0.0468. The Labute approximate surface area is 115 Å². The van der Waals surface area contributed by atoms with Crippen LogP contribution < -0.4 is 10.7 Å². The molecule has 0 saturated carbocycles. The summed E-state index contributed by atoms with van der Waals surface area (Å²) < 4.78 is 0. The molecule has 0 aliphatic heterocycles. The van der Waals surface area contributed by atoms with E-state index >= 15 is 0 Å². The molecule has 0 atom stereocenters. The third-order valence-electron chi connectivity index (χ3n) is 2.42. The number of nitrogens with one attached hydrogen (secondary N) is 2. The molecule has 102 valence electrons. The summed E-state index contributed by atoms with van der Waals surface area (Å²) >= 11 is 0. The lowest BCUT2D eigenvalue weighted by atomic mass is 10.2. The van der Waals surface area contributed by atoms with Crippen LogP contribution in [0.15, 0.2) is 53.6 Å². The van der Waals surface area contributed by atoms with E-state index in [9.17, 15) is 9.90 Å². The number of amides is 2. The molecule has 6 heteroatoms. The zero-order valence-corrected chi connectivity index (χ0v) is 10.4. The van der Waals surface area contributed by atoms with Gasteiger partial charge in [-0.15, -0.1) is 0 Å². The average Bonchev–Trinajstić information content (AvgIpc) is 2.42. The largest absolute Gasteiger partial charge is 0.508 e. The summed E-state index contributed by atoms with van der Waals surface area (Å²) in [7, 11) is 0. The summed E-state index contributed by atoms with van der Waals surface area (Å²) in [5, 5.41) is 24.9. The highest BCUT2D eigenvalue weighted by Gasteiger charge is 2.01. The molecule has 20 heavy (non-hydrogen) atoms. The number of hydrogen-bond donors (Lipinski definition) is 4. The van der Waals surface area contributed by atoms with Crippen molar-refractivity contribution in [1.29, 1.82) is 0 Å². The van der Waals surface area contributed by atoms with Crippen molar-refractivity contribution in [2.24, 2.45) is 5.10 Å². The van der Waals surface area contributed by atoms with Gasteiger partial charge in [-0.3, -0.25) is 0 Å². The van der Waals surface area contributed by atoms with Gasteiger partial charge in [-0.2, -0.15) is 5.10 Å². The van der Waals surface area contributed by atoms with Crippen molar-refractivity contribution in [1.82, 2.24) is 5.43 Å². The molecule has 6 nitrogen and oxygen atoms in total.